The first-order chi connectivity index (χ1) is 19.0. The van der Waals surface area contributed by atoms with Crippen LogP contribution in [0.15, 0.2) is 77.7 Å². The van der Waals surface area contributed by atoms with Crippen LogP contribution in [0, 0.1) is 0 Å². The lowest BCUT2D eigenvalue weighted by molar-refractivity contribution is -0.140. The molecular weight excluding hydrogens is 593 g/mol. The average Bonchev–Trinajstić information content (AvgIpc) is 2.93. The number of para-hydroxylation sites is 1. The van der Waals surface area contributed by atoms with Gasteiger partial charge in [0.15, 0.2) is 0 Å². The molecule has 2 atom stereocenters. The molecule has 0 saturated carbocycles. The molecule has 0 unspecified atom stereocenters. The minimum Gasteiger partial charge on any atom is -0.352 e. The normalized spacial score (nSPS) is 12.8. The van der Waals surface area contributed by atoms with Crippen molar-refractivity contribution in [1.82, 2.24) is 10.2 Å². The van der Waals surface area contributed by atoms with Gasteiger partial charge in [-0.05, 0) is 56.2 Å². The largest absolute Gasteiger partial charge is 0.352 e. The Morgan fingerprint density at radius 1 is 0.825 bits per heavy atom. The molecule has 0 heterocycles. The first kappa shape index (κ1) is 31.7. The monoisotopic (exact) mass is 623 g/mol. The molecule has 1 N–H and O–H groups in total. The van der Waals surface area contributed by atoms with Crippen LogP contribution < -0.4 is 9.62 Å². The number of carbonyl (C=O) groups excluding carboxylic acids is 2. The second-order valence-corrected chi connectivity index (χ2v) is 12.3. The quantitative estimate of drug-likeness (QED) is 0.247. The molecule has 0 radical (unpaired) electrons. The van der Waals surface area contributed by atoms with Crippen LogP contribution in [0.25, 0.3) is 0 Å². The van der Waals surface area contributed by atoms with E-state index in [0.717, 1.165) is 4.31 Å². The number of anilines is 1. The Kier molecular flexibility index (Phi) is 11.3. The fourth-order valence-electron chi connectivity index (χ4n) is 4.10. The summed E-state index contributed by atoms with van der Waals surface area (Å²) in [6.07, 6.45) is 0.968. The molecule has 11 heteroatoms. The van der Waals surface area contributed by atoms with Gasteiger partial charge in [-0.25, -0.2) is 8.42 Å². The molecule has 0 spiro atoms. The van der Waals surface area contributed by atoms with Gasteiger partial charge in [-0.2, -0.15) is 0 Å². The van der Waals surface area contributed by atoms with Crippen LogP contribution in [0.1, 0.15) is 39.2 Å². The van der Waals surface area contributed by atoms with E-state index in [-0.39, 0.29) is 40.5 Å². The predicted octanol–water partition coefficient (Wildman–Crippen LogP) is 6.56. The summed E-state index contributed by atoms with van der Waals surface area (Å²) in [7, 11) is -4.22. The lowest BCUT2D eigenvalue weighted by Gasteiger charge is -2.34. The Labute approximate surface area is 251 Å². The number of rotatable bonds is 12. The number of nitrogens with one attached hydrogen (secondary N) is 1. The Morgan fingerprint density at radius 2 is 1.40 bits per heavy atom. The molecule has 40 heavy (non-hydrogen) atoms. The van der Waals surface area contributed by atoms with Crippen molar-refractivity contribution in [1.29, 1.82) is 0 Å². The van der Waals surface area contributed by atoms with E-state index in [2.05, 4.69) is 5.32 Å². The van der Waals surface area contributed by atoms with Crippen molar-refractivity contribution >= 4 is 62.3 Å². The SMILES string of the molecule is CC[C@H](C(=O)N[C@@H](C)CC)N(Cc1c(Cl)cccc1Cl)C(=O)CN(c1ccccc1Cl)S(=O)(=O)c1ccccc1. The first-order valence-corrected chi connectivity index (χ1v) is 15.4. The molecule has 2 amide bonds. The number of hydrogen-bond acceptors (Lipinski definition) is 4. The van der Waals surface area contributed by atoms with Crippen molar-refractivity contribution in [3.63, 3.8) is 0 Å². The van der Waals surface area contributed by atoms with Crippen LogP contribution in [0.3, 0.4) is 0 Å². The van der Waals surface area contributed by atoms with E-state index in [1.165, 1.54) is 23.1 Å². The van der Waals surface area contributed by atoms with Gasteiger partial charge in [-0.3, -0.25) is 13.9 Å². The fraction of sp³-hybridized carbons (Fsp3) is 0.310. The van der Waals surface area contributed by atoms with Crippen LogP contribution in [0.4, 0.5) is 5.69 Å². The standard InChI is InChI=1S/C29H32Cl3N3O4S/c1-4-20(3)33-29(37)26(5-2)34(18-22-23(30)15-11-16-24(22)31)28(36)19-35(27-17-10-9-14-25(27)32)40(38,39)21-12-7-6-8-13-21/h6-17,20,26H,4-5,18-19H2,1-3H3,(H,33,37)/t20-,26+/m0/s1. The summed E-state index contributed by atoms with van der Waals surface area (Å²) in [5.41, 5.74) is 0.582. The summed E-state index contributed by atoms with van der Waals surface area (Å²) >= 11 is 19.3. The summed E-state index contributed by atoms with van der Waals surface area (Å²) in [6.45, 7) is 4.87. The molecule has 0 aliphatic rings. The second-order valence-electron chi connectivity index (χ2n) is 9.24. The van der Waals surface area contributed by atoms with E-state index >= 15 is 0 Å². The molecule has 0 aliphatic heterocycles. The molecule has 7 nitrogen and oxygen atoms in total. The van der Waals surface area contributed by atoms with Crippen molar-refractivity contribution in [3.05, 3.63) is 93.4 Å². The third-order valence-corrected chi connectivity index (χ3v) is 9.31. The minimum absolute atomic E-state index is 0.00928. The summed E-state index contributed by atoms with van der Waals surface area (Å²) in [6, 6.07) is 18.1. The van der Waals surface area contributed by atoms with Crippen molar-refractivity contribution in [2.75, 3.05) is 10.8 Å². The molecular formula is C29H32Cl3N3O4S. The van der Waals surface area contributed by atoms with Gasteiger partial charge < -0.3 is 10.2 Å². The topological polar surface area (TPSA) is 86.8 Å². The number of nitrogens with zero attached hydrogens (tertiary/aromatic N) is 2. The maximum atomic E-state index is 14.1. The van der Waals surface area contributed by atoms with Gasteiger partial charge in [0, 0.05) is 28.2 Å². The zero-order chi connectivity index (χ0) is 29.4. The molecule has 0 aromatic heterocycles. The number of hydrogen-bond donors (Lipinski definition) is 1. The van der Waals surface area contributed by atoms with E-state index in [0.29, 0.717) is 22.0 Å². The van der Waals surface area contributed by atoms with Crippen LogP contribution in [0.2, 0.25) is 15.1 Å². The molecule has 0 fully saturated rings. The number of benzene rings is 3. The van der Waals surface area contributed by atoms with E-state index in [4.69, 9.17) is 34.8 Å². The molecule has 3 aromatic carbocycles. The summed E-state index contributed by atoms with van der Waals surface area (Å²) in [5.74, 6) is -0.981. The number of halogens is 3. The summed E-state index contributed by atoms with van der Waals surface area (Å²) in [4.78, 5) is 28.8. The van der Waals surface area contributed by atoms with E-state index in [9.17, 15) is 18.0 Å². The number of sulfonamides is 1. The molecule has 0 aliphatic carbocycles. The van der Waals surface area contributed by atoms with Crippen LogP contribution >= 0.6 is 34.8 Å². The van der Waals surface area contributed by atoms with Gasteiger partial charge in [0.05, 0.1) is 15.6 Å². The highest BCUT2D eigenvalue weighted by Crippen LogP contribution is 2.32. The lowest BCUT2D eigenvalue weighted by Crippen LogP contribution is -2.53. The van der Waals surface area contributed by atoms with Crippen LogP contribution in [-0.2, 0) is 26.2 Å². The smallest absolute Gasteiger partial charge is 0.264 e. The average molecular weight is 625 g/mol. The van der Waals surface area contributed by atoms with Gasteiger partial charge in [-0.1, -0.05) is 85.0 Å². The van der Waals surface area contributed by atoms with Gasteiger partial charge in [0.25, 0.3) is 10.0 Å². The van der Waals surface area contributed by atoms with Crippen molar-refractivity contribution in [3.8, 4) is 0 Å². The Balaban J connectivity index is 2.10. The van der Waals surface area contributed by atoms with Crippen LogP contribution in [-0.4, -0.2) is 43.8 Å². The van der Waals surface area contributed by atoms with Crippen molar-refractivity contribution in [2.24, 2.45) is 0 Å². The van der Waals surface area contributed by atoms with E-state index in [1.54, 1.807) is 61.5 Å². The Bertz CT molecular complexity index is 1420. The zero-order valence-corrected chi connectivity index (χ0v) is 25.6. The highest BCUT2D eigenvalue weighted by Gasteiger charge is 2.35. The maximum absolute atomic E-state index is 14.1. The lowest BCUT2D eigenvalue weighted by atomic mass is 10.1. The Morgan fingerprint density at radius 3 is 1.98 bits per heavy atom. The first-order valence-electron chi connectivity index (χ1n) is 12.9. The zero-order valence-electron chi connectivity index (χ0n) is 22.5. The maximum Gasteiger partial charge on any atom is 0.264 e. The van der Waals surface area contributed by atoms with Gasteiger partial charge in [0.1, 0.15) is 12.6 Å². The summed E-state index contributed by atoms with van der Waals surface area (Å²) in [5, 5.41) is 3.72. The minimum atomic E-state index is -4.22. The molecule has 3 aromatic rings. The highest BCUT2D eigenvalue weighted by molar-refractivity contribution is 7.92. The molecule has 3 rings (SSSR count). The van der Waals surface area contributed by atoms with Gasteiger partial charge in [0.2, 0.25) is 11.8 Å². The molecule has 0 saturated heterocycles. The van der Waals surface area contributed by atoms with Crippen molar-refractivity contribution in [2.45, 2.75) is 57.1 Å². The van der Waals surface area contributed by atoms with Crippen molar-refractivity contribution < 1.29 is 18.0 Å². The molecule has 0 bridgehead atoms. The predicted molar refractivity (Wildman–Crippen MR) is 161 cm³/mol. The molecule has 214 valence electrons. The van der Waals surface area contributed by atoms with E-state index < -0.39 is 28.5 Å². The third kappa shape index (κ3) is 7.49. The second kappa shape index (κ2) is 14.2. The third-order valence-electron chi connectivity index (χ3n) is 6.51. The van der Waals surface area contributed by atoms with E-state index in [1.807, 2.05) is 13.8 Å². The fourth-order valence-corrected chi connectivity index (χ4v) is 6.36. The number of amides is 2. The number of carbonyl (C=O) groups is 2. The summed E-state index contributed by atoms with van der Waals surface area (Å²) < 4.78 is 28.7. The van der Waals surface area contributed by atoms with Gasteiger partial charge in [-0.15, -0.1) is 0 Å². The van der Waals surface area contributed by atoms with Crippen LogP contribution in [0.5, 0.6) is 0 Å². The highest BCUT2D eigenvalue weighted by atomic mass is 35.5. The Hall–Kier alpha value is -2.78. The van der Waals surface area contributed by atoms with Gasteiger partial charge >= 0.3 is 0 Å².